The van der Waals surface area contributed by atoms with Crippen LogP contribution in [-0.2, 0) is 28.5 Å². The number of hydrogen-bond donors (Lipinski definition) is 4. The maximum absolute atomic E-state index is 11.6. The van der Waals surface area contributed by atoms with E-state index in [4.69, 9.17) is 23.7 Å². The lowest BCUT2D eigenvalue weighted by Crippen LogP contribution is -2.66. The standard InChI is InChI=1S/C16H29NO9/c1-7-10(22-3)5-9(20)15(24-7)26-14-12(17-8(2)19)16(23-4)25-11(6-18)13(14)21/h7,9-16,18,20-21H,5-6H2,1-4H3,(H,17,19)/t7-,9+,10+,11-,12-,13+,14-,15+,16-/m1/s1. The number of hydrogen-bond acceptors (Lipinski definition) is 9. The maximum Gasteiger partial charge on any atom is 0.217 e. The van der Waals surface area contributed by atoms with Crippen LogP contribution in [0.3, 0.4) is 0 Å². The number of carbonyl (C=O) groups excluding carboxylic acids is 1. The lowest BCUT2D eigenvalue weighted by molar-refractivity contribution is -0.326. The summed E-state index contributed by atoms with van der Waals surface area (Å²) in [5, 5.41) is 32.9. The summed E-state index contributed by atoms with van der Waals surface area (Å²) < 4.78 is 27.5. The Kier molecular flexibility index (Phi) is 7.74. The highest BCUT2D eigenvalue weighted by Crippen LogP contribution is 2.29. The summed E-state index contributed by atoms with van der Waals surface area (Å²) in [6, 6.07) is -0.860. The SMILES string of the molecule is CO[C@@H]1O[C@H](CO)[C@H](O)[C@H](O[C@@H]2O[C@H](C)[C@@H](OC)C[C@@H]2O)[C@H]1NC(C)=O. The van der Waals surface area contributed by atoms with Crippen molar-refractivity contribution in [1.29, 1.82) is 0 Å². The van der Waals surface area contributed by atoms with E-state index in [-0.39, 0.29) is 18.1 Å². The largest absolute Gasteiger partial charge is 0.394 e. The van der Waals surface area contributed by atoms with Gasteiger partial charge >= 0.3 is 0 Å². The Morgan fingerprint density at radius 2 is 1.88 bits per heavy atom. The van der Waals surface area contributed by atoms with E-state index in [1.54, 1.807) is 6.92 Å². The molecule has 0 spiro atoms. The smallest absolute Gasteiger partial charge is 0.217 e. The molecule has 0 aromatic heterocycles. The van der Waals surface area contributed by atoms with Crippen LogP contribution in [0.2, 0.25) is 0 Å². The minimum Gasteiger partial charge on any atom is -0.394 e. The minimum absolute atomic E-state index is 0.285. The molecule has 10 nitrogen and oxygen atoms in total. The number of aliphatic hydroxyl groups is 3. The van der Waals surface area contributed by atoms with Gasteiger partial charge in [-0.2, -0.15) is 0 Å². The zero-order valence-corrected chi connectivity index (χ0v) is 15.4. The van der Waals surface area contributed by atoms with Gasteiger partial charge in [-0.05, 0) is 6.92 Å². The topological polar surface area (TPSA) is 136 Å². The quantitative estimate of drug-likeness (QED) is 0.418. The van der Waals surface area contributed by atoms with Crippen LogP contribution >= 0.6 is 0 Å². The van der Waals surface area contributed by atoms with Crippen LogP contribution in [0, 0.1) is 0 Å². The Labute approximate surface area is 152 Å². The number of nitrogens with one attached hydrogen (secondary N) is 1. The number of rotatable bonds is 6. The summed E-state index contributed by atoms with van der Waals surface area (Å²) in [5.41, 5.74) is 0. The van der Waals surface area contributed by atoms with Crippen molar-refractivity contribution in [2.45, 2.75) is 75.5 Å². The van der Waals surface area contributed by atoms with Gasteiger partial charge in [0.2, 0.25) is 5.91 Å². The second-order valence-electron chi connectivity index (χ2n) is 6.57. The normalized spacial score (nSPS) is 43.9. The molecule has 1 amide bonds. The fraction of sp³-hybridized carbons (Fsp3) is 0.938. The van der Waals surface area contributed by atoms with Crippen molar-refractivity contribution in [3.63, 3.8) is 0 Å². The Hall–Kier alpha value is -0.850. The molecule has 0 saturated carbocycles. The van der Waals surface area contributed by atoms with E-state index in [1.807, 2.05) is 0 Å². The molecular formula is C16H29NO9. The van der Waals surface area contributed by atoms with E-state index in [9.17, 15) is 20.1 Å². The molecule has 2 aliphatic rings. The molecule has 152 valence electrons. The number of amides is 1. The van der Waals surface area contributed by atoms with Crippen LogP contribution in [0.5, 0.6) is 0 Å². The van der Waals surface area contributed by atoms with E-state index in [0.717, 1.165) is 0 Å². The zero-order chi connectivity index (χ0) is 19.4. The Morgan fingerprint density at radius 3 is 2.42 bits per heavy atom. The van der Waals surface area contributed by atoms with Gasteiger partial charge in [0.25, 0.3) is 0 Å². The summed E-state index contributed by atoms with van der Waals surface area (Å²) in [7, 11) is 2.91. The molecule has 0 unspecified atom stereocenters. The fourth-order valence-electron chi connectivity index (χ4n) is 3.32. The molecule has 2 fully saturated rings. The highest BCUT2D eigenvalue weighted by molar-refractivity contribution is 5.73. The van der Waals surface area contributed by atoms with E-state index in [1.165, 1.54) is 21.1 Å². The molecule has 26 heavy (non-hydrogen) atoms. The third kappa shape index (κ3) is 4.70. The van der Waals surface area contributed by atoms with Gasteiger partial charge in [0.15, 0.2) is 12.6 Å². The molecule has 10 heteroatoms. The van der Waals surface area contributed by atoms with Gasteiger partial charge in [0.1, 0.15) is 30.5 Å². The van der Waals surface area contributed by atoms with Gasteiger partial charge in [-0.3, -0.25) is 4.79 Å². The fourth-order valence-corrected chi connectivity index (χ4v) is 3.32. The first kappa shape index (κ1) is 21.5. The number of ether oxygens (including phenoxy) is 5. The van der Waals surface area contributed by atoms with Crippen molar-refractivity contribution in [2.24, 2.45) is 0 Å². The first-order chi connectivity index (χ1) is 12.3. The summed E-state index contributed by atoms with van der Waals surface area (Å²) >= 11 is 0. The average Bonchev–Trinajstić information content (AvgIpc) is 2.60. The van der Waals surface area contributed by atoms with Crippen LogP contribution < -0.4 is 5.32 Å². The highest BCUT2D eigenvalue weighted by Gasteiger charge is 2.49. The molecule has 0 aliphatic carbocycles. The van der Waals surface area contributed by atoms with Crippen molar-refractivity contribution >= 4 is 5.91 Å². The van der Waals surface area contributed by atoms with Crippen LogP contribution in [0.4, 0.5) is 0 Å². The zero-order valence-electron chi connectivity index (χ0n) is 15.4. The molecule has 2 saturated heterocycles. The van der Waals surface area contributed by atoms with Gasteiger partial charge in [0, 0.05) is 27.6 Å². The third-order valence-corrected chi connectivity index (χ3v) is 4.71. The van der Waals surface area contributed by atoms with Gasteiger partial charge in [0.05, 0.1) is 18.8 Å². The van der Waals surface area contributed by atoms with Crippen molar-refractivity contribution < 1.29 is 43.8 Å². The lowest BCUT2D eigenvalue weighted by atomic mass is 9.96. The van der Waals surface area contributed by atoms with E-state index < -0.39 is 49.6 Å². The summed E-state index contributed by atoms with van der Waals surface area (Å²) in [4.78, 5) is 11.6. The van der Waals surface area contributed by atoms with Crippen LogP contribution in [0.25, 0.3) is 0 Å². The molecule has 0 aromatic rings. The number of carbonyl (C=O) groups is 1. The van der Waals surface area contributed by atoms with Crippen LogP contribution in [0.1, 0.15) is 20.3 Å². The first-order valence-electron chi connectivity index (χ1n) is 8.58. The van der Waals surface area contributed by atoms with Gasteiger partial charge in [-0.1, -0.05) is 0 Å². The third-order valence-electron chi connectivity index (χ3n) is 4.71. The molecule has 0 bridgehead atoms. The molecule has 9 atom stereocenters. The van der Waals surface area contributed by atoms with Crippen molar-refractivity contribution in [1.82, 2.24) is 5.32 Å². The molecule has 2 aliphatic heterocycles. The highest BCUT2D eigenvalue weighted by atomic mass is 16.7. The van der Waals surface area contributed by atoms with E-state index >= 15 is 0 Å². The molecule has 4 N–H and O–H groups in total. The van der Waals surface area contributed by atoms with Crippen molar-refractivity contribution in [3.8, 4) is 0 Å². The van der Waals surface area contributed by atoms with Gasteiger partial charge in [-0.25, -0.2) is 0 Å². The minimum atomic E-state index is -1.27. The Balaban J connectivity index is 2.18. The van der Waals surface area contributed by atoms with E-state index in [0.29, 0.717) is 6.42 Å². The summed E-state index contributed by atoms with van der Waals surface area (Å²) in [6.45, 7) is 2.63. The molecule has 2 rings (SSSR count). The summed E-state index contributed by atoms with van der Waals surface area (Å²) in [5.74, 6) is -0.373. The van der Waals surface area contributed by atoms with E-state index in [2.05, 4.69) is 5.32 Å². The van der Waals surface area contributed by atoms with Gasteiger partial charge in [-0.15, -0.1) is 0 Å². The van der Waals surface area contributed by atoms with Crippen molar-refractivity contribution in [2.75, 3.05) is 20.8 Å². The maximum atomic E-state index is 11.6. The van der Waals surface area contributed by atoms with Crippen molar-refractivity contribution in [3.05, 3.63) is 0 Å². The monoisotopic (exact) mass is 379 g/mol. The second kappa shape index (κ2) is 9.38. The molecule has 2 heterocycles. The predicted molar refractivity (Wildman–Crippen MR) is 87.0 cm³/mol. The van der Waals surface area contributed by atoms with Crippen LogP contribution in [-0.4, -0.2) is 97.3 Å². The molecular weight excluding hydrogens is 350 g/mol. The molecule has 0 aromatic carbocycles. The van der Waals surface area contributed by atoms with Gasteiger partial charge < -0.3 is 44.3 Å². The van der Waals surface area contributed by atoms with Crippen LogP contribution in [0.15, 0.2) is 0 Å². The average molecular weight is 379 g/mol. The lowest BCUT2D eigenvalue weighted by Gasteiger charge is -2.46. The Morgan fingerprint density at radius 1 is 1.19 bits per heavy atom. The first-order valence-corrected chi connectivity index (χ1v) is 8.58. The summed E-state index contributed by atoms with van der Waals surface area (Å²) in [6.07, 6.45) is -6.57. The number of methoxy groups -OCH3 is 2. The number of aliphatic hydroxyl groups excluding tert-OH is 3. The predicted octanol–water partition coefficient (Wildman–Crippen LogP) is -1.89. The Bertz CT molecular complexity index is 465. The molecule has 0 radical (unpaired) electrons. The second-order valence-corrected chi connectivity index (χ2v) is 6.57.